The highest BCUT2D eigenvalue weighted by molar-refractivity contribution is 7.14. The second-order valence-corrected chi connectivity index (χ2v) is 5.03. The number of anilines is 1. The number of nitriles is 1. The van der Waals surface area contributed by atoms with E-state index in [0.29, 0.717) is 16.4 Å². The third-order valence-corrected chi connectivity index (χ3v) is 3.21. The lowest BCUT2D eigenvalue weighted by atomic mass is 10.1. The zero-order valence-electron chi connectivity index (χ0n) is 11.5. The van der Waals surface area contributed by atoms with Crippen LogP contribution in [-0.4, -0.2) is 23.7 Å². The maximum atomic E-state index is 12.0. The molecule has 0 aliphatic rings. The number of thiazole rings is 1. The highest BCUT2D eigenvalue weighted by Gasteiger charge is 2.26. The Balaban J connectivity index is 0.00000264. The van der Waals surface area contributed by atoms with Gasteiger partial charge in [0.25, 0.3) is 0 Å². The molecule has 0 fully saturated rings. The van der Waals surface area contributed by atoms with Gasteiger partial charge in [0.1, 0.15) is 6.54 Å². The van der Waals surface area contributed by atoms with E-state index in [9.17, 15) is 13.2 Å². The molecule has 2 rings (SSSR count). The molecule has 2 aromatic rings. The van der Waals surface area contributed by atoms with Gasteiger partial charge in [0.05, 0.1) is 17.3 Å². The van der Waals surface area contributed by atoms with Gasteiger partial charge in [-0.05, 0) is 12.1 Å². The minimum absolute atomic E-state index is 0. The molecule has 10 heteroatoms. The lowest BCUT2D eigenvalue weighted by molar-refractivity contribution is -0.118. The van der Waals surface area contributed by atoms with Gasteiger partial charge in [-0.2, -0.15) is 18.4 Å². The first-order chi connectivity index (χ1) is 10.4. The minimum Gasteiger partial charge on any atom is -0.370 e. The number of nitrogens with one attached hydrogen (secondary N) is 1. The number of alkyl halides is 3. The number of hydrogen-bond acceptors (Lipinski definition) is 4. The Bertz CT molecular complexity index is 736. The molecule has 0 saturated heterocycles. The van der Waals surface area contributed by atoms with Crippen LogP contribution in [0, 0.1) is 11.3 Å². The number of nitrogens with two attached hydrogens (primary N) is 1. The summed E-state index contributed by atoms with van der Waals surface area (Å²) in [6.45, 7) is -1.35. The van der Waals surface area contributed by atoms with Crippen LogP contribution in [0.25, 0.3) is 11.3 Å². The monoisotopic (exact) mass is 361 g/mol. The summed E-state index contributed by atoms with van der Waals surface area (Å²) in [7, 11) is 0. The summed E-state index contributed by atoms with van der Waals surface area (Å²) in [5, 5.41) is 13.4. The summed E-state index contributed by atoms with van der Waals surface area (Å²) < 4.78 is 36.1. The number of hydrogen-bond donors (Lipinski definition) is 2. The second-order valence-electron chi connectivity index (χ2n) is 4.17. The summed E-state index contributed by atoms with van der Waals surface area (Å²) in [5.74, 6) is -0.357. The van der Waals surface area contributed by atoms with Gasteiger partial charge in [-0.25, -0.2) is 9.98 Å². The molecule has 1 aromatic heterocycles. The van der Waals surface area contributed by atoms with Crippen molar-refractivity contribution >= 4 is 34.8 Å². The molecule has 0 spiro atoms. The SMILES string of the molecule is Cl.N#Cc1cccc(-c2csc(NC(N)=NCC(F)(F)F)n2)c1. The van der Waals surface area contributed by atoms with Crippen molar-refractivity contribution < 1.29 is 13.2 Å². The van der Waals surface area contributed by atoms with Crippen LogP contribution in [0.15, 0.2) is 34.6 Å². The van der Waals surface area contributed by atoms with Crippen molar-refractivity contribution in [3.8, 4) is 17.3 Å². The van der Waals surface area contributed by atoms with Crippen LogP contribution >= 0.6 is 23.7 Å². The van der Waals surface area contributed by atoms with E-state index in [1.54, 1.807) is 29.6 Å². The Hall–Kier alpha value is -2.31. The molecule has 0 bridgehead atoms. The largest absolute Gasteiger partial charge is 0.408 e. The van der Waals surface area contributed by atoms with E-state index in [-0.39, 0.29) is 18.4 Å². The highest BCUT2D eigenvalue weighted by atomic mass is 35.5. The quantitative estimate of drug-likeness (QED) is 0.648. The van der Waals surface area contributed by atoms with E-state index in [4.69, 9.17) is 11.0 Å². The average Bonchev–Trinajstić information content (AvgIpc) is 2.93. The molecule has 23 heavy (non-hydrogen) atoms. The van der Waals surface area contributed by atoms with Crippen molar-refractivity contribution in [3.05, 3.63) is 35.2 Å². The van der Waals surface area contributed by atoms with Gasteiger partial charge in [-0.1, -0.05) is 12.1 Å². The van der Waals surface area contributed by atoms with Crippen molar-refractivity contribution in [1.29, 1.82) is 5.26 Å². The molecular formula is C13H11ClF3N5S. The van der Waals surface area contributed by atoms with E-state index in [1.807, 2.05) is 6.07 Å². The highest BCUT2D eigenvalue weighted by Crippen LogP contribution is 2.25. The predicted octanol–water partition coefficient (Wildman–Crippen LogP) is 3.39. The lowest BCUT2D eigenvalue weighted by Crippen LogP contribution is -2.25. The van der Waals surface area contributed by atoms with E-state index >= 15 is 0 Å². The second kappa shape index (κ2) is 7.80. The van der Waals surface area contributed by atoms with Gasteiger partial charge in [-0.15, -0.1) is 23.7 Å². The molecule has 0 atom stereocenters. The maximum Gasteiger partial charge on any atom is 0.408 e. The molecule has 0 aliphatic heterocycles. The molecule has 0 unspecified atom stereocenters. The van der Waals surface area contributed by atoms with Crippen molar-refractivity contribution in [2.75, 3.05) is 11.9 Å². The van der Waals surface area contributed by atoms with Crippen molar-refractivity contribution in [3.63, 3.8) is 0 Å². The van der Waals surface area contributed by atoms with Gasteiger partial charge in [-0.3, -0.25) is 0 Å². The van der Waals surface area contributed by atoms with Crippen molar-refractivity contribution in [2.24, 2.45) is 10.7 Å². The zero-order chi connectivity index (χ0) is 16.2. The number of aromatic nitrogens is 1. The summed E-state index contributed by atoms with van der Waals surface area (Å²) in [6, 6.07) is 8.85. The Morgan fingerprint density at radius 3 is 2.83 bits per heavy atom. The first-order valence-corrected chi connectivity index (χ1v) is 6.85. The fourth-order valence-corrected chi connectivity index (χ4v) is 2.26. The molecule has 1 heterocycles. The molecule has 5 nitrogen and oxygen atoms in total. The Labute approximate surface area is 140 Å². The summed E-state index contributed by atoms with van der Waals surface area (Å²) in [5.41, 5.74) is 7.18. The van der Waals surface area contributed by atoms with Crippen molar-refractivity contribution in [1.82, 2.24) is 4.98 Å². The smallest absolute Gasteiger partial charge is 0.370 e. The van der Waals surface area contributed by atoms with Crippen LogP contribution in [-0.2, 0) is 0 Å². The average molecular weight is 362 g/mol. The van der Waals surface area contributed by atoms with Gasteiger partial charge in [0.2, 0.25) is 0 Å². The third-order valence-electron chi connectivity index (χ3n) is 2.46. The van der Waals surface area contributed by atoms with Crippen LogP contribution in [0.4, 0.5) is 18.3 Å². The summed E-state index contributed by atoms with van der Waals surface area (Å²) >= 11 is 1.17. The molecule has 0 saturated carbocycles. The summed E-state index contributed by atoms with van der Waals surface area (Å²) in [6.07, 6.45) is -4.40. The number of rotatable bonds is 3. The van der Waals surface area contributed by atoms with Crippen LogP contribution in [0.3, 0.4) is 0 Å². The first kappa shape index (κ1) is 18.7. The molecular weight excluding hydrogens is 351 g/mol. The van der Waals surface area contributed by atoms with E-state index in [0.717, 1.165) is 5.56 Å². The van der Waals surface area contributed by atoms with Gasteiger partial charge >= 0.3 is 6.18 Å². The van der Waals surface area contributed by atoms with Crippen LogP contribution in [0.1, 0.15) is 5.56 Å². The molecule has 0 amide bonds. The van der Waals surface area contributed by atoms with Crippen LogP contribution in [0.5, 0.6) is 0 Å². The number of guanidine groups is 1. The van der Waals surface area contributed by atoms with Gasteiger partial charge in [0, 0.05) is 10.9 Å². The topological polar surface area (TPSA) is 87.1 Å². The standard InChI is InChI=1S/C13H10F3N5S.ClH/c14-13(15,16)7-19-11(18)21-12-20-10(6-22-12)9-3-1-2-8(4-9)5-17;/h1-4,6H,7H2,(H3,18,19,20,21);1H. The van der Waals surface area contributed by atoms with E-state index in [2.05, 4.69) is 15.3 Å². The normalized spacial score (nSPS) is 11.5. The predicted molar refractivity (Wildman–Crippen MR) is 85.7 cm³/mol. The van der Waals surface area contributed by atoms with Crippen molar-refractivity contribution in [2.45, 2.75) is 6.18 Å². The molecule has 0 aliphatic carbocycles. The minimum atomic E-state index is -4.40. The lowest BCUT2D eigenvalue weighted by Gasteiger charge is -2.04. The Kier molecular flexibility index (Phi) is 6.36. The number of aliphatic imine (C=N–C) groups is 1. The molecule has 1 aromatic carbocycles. The molecule has 3 N–H and O–H groups in total. The van der Waals surface area contributed by atoms with Crippen LogP contribution in [0.2, 0.25) is 0 Å². The number of halogens is 4. The van der Waals surface area contributed by atoms with Gasteiger partial charge < -0.3 is 11.1 Å². The fraction of sp³-hybridized carbons (Fsp3) is 0.154. The van der Waals surface area contributed by atoms with E-state index < -0.39 is 12.7 Å². The first-order valence-electron chi connectivity index (χ1n) is 5.97. The van der Waals surface area contributed by atoms with Gasteiger partial charge in [0.15, 0.2) is 11.1 Å². The Morgan fingerprint density at radius 2 is 2.17 bits per heavy atom. The maximum absolute atomic E-state index is 12.0. The van der Waals surface area contributed by atoms with E-state index in [1.165, 1.54) is 11.3 Å². The Morgan fingerprint density at radius 1 is 1.43 bits per heavy atom. The molecule has 0 radical (unpaired) electrons. The molecule has 122 valence electrons. The van der Waals surface area contributed by atoms with Crippen LogP contribution < -0.4 is 11.1 Å². The third kappa shape index (κ3) is 5.77. The zero-order valence-corrected chi connectivity index (χ0v) is 13.1. The number of benzene rings is 1. The summed E-state index contributed by atoms with van der Waals surface area (Å²) in [4.78, 5) is 7.38. The fourth-order valence-electron chi connectivity index (χ4n) is 1.54. The number of nitrogens with zero attached hydrogens (tertiary/aromatic N) is 3.